The molecule has 0 spiro atoms. The lowest BCUT2D eigenvalue weighted by Gasteiger charge is -2.10. The predicted molar refractivity (Wildman–Crippen MR) is 90.7 cm³/mol. The molecular weight excluding hydrogens is 298 g/mol. The van der Waals surface area contributed by atoms with Gasteiger partial charge in [0.1, 0.15) is 5.76 Å². The quantitative estimate of drug-likeness (QED) is 0.565. The van der Waals surface area contributed by atoms with Crippen molar-refractivity contribution in [1.82, 2.24) is 10.6 Å². The fourth-order valence-corrected chi connectivity index (χ4v) is 1.96. The van der Waals surface area contributed by atoms with E-state index in [9.17, 15) is 4.79 Å². The number of hydrogen-bond acceptors (Lipinski definition) is 3. The number of anilines is 1. The first-order valence-corrected chi connectivity index (χ1v) is 7.16. The van der Waals surface area contributed by atoms with Crippen LogP contribution in [0.25, 0.3) is 0 Å². The largest absolute Gasteiger partial charge is 0.467 e. The molecule has 0 unspecified atom stereocenters. The van der Waals surface area contributed by atoms with E-state index in [0.717, 1.165) is 5.69 Å². The van der Waals surface area contributed by atoms with Crippen molar-refractivity contribution >= 4 is 28.9 Å². The maximum atomic E-state index is 12.1. The molecule has 6 heteroatoms. The molecule has 0 saturated carbocycles. The highest BCUT2D eigenvalue weighted by Crippen LogP contribution is 2.11. The average Bonchev–Trinajstić information content (AvgIpc) is 3.04. The molecule has 22 heavy (non-hydrogen) atoms. The van der Waals surface area contributed by atoms with Gasteiger partial charge in [-0.3, -0.25) is 4.79 Å². The molecular formula is C16H17N3O2S. The second-order valence-corrected chi connectivity index (χ2v) is 4.87. The van der Waals surface area contributed by atoms with E-state index in [2.05, 4.69) is 22.5 Å². The van der Waals surface area contributed by atoms with Crippen molar-refractivity contribution in [2.75, 3.05) is 11.9 Å². The minimum Gasteiger partial charge on any atom is -0.467 e. The standard InChI is InChI=1S/C16H17N3O2S/c1-2-8-17-16(22)19-13-6-3-5-12(10-13)15(20)18-11-14-7-4-9-21-14/h2-7,9-10H,1,8,11H2,(H,18,20)(H2,17,19,22). The number of hydrogen-bond donors (Lipinski definition) is 3. The van der Waals surface area contributed by atoms with Crippen LogP contribution in [0.15, 0.2) is 59.7 Å². The van der Waals surface area contributed by atoms with Crippen LogP contribution < -0.4 is 16.0 Å². The molecule has 0 bridgehead atoms. The molecule has 3 N–H and O–H groups in total. The SMILES string of the molecule is C=CCNC(=S)Nc1cccc(C(=O)NCc2ccco2)c1. The van der Waals surface area contributed by atoms with E-state index in [1.165, 1.54) is 0 Å². The normalized spacial score (nSPS) is 9.82. The molecule has 0 aliphatic carbocycles. The number of carbonyl (C=O) groups is 1. The number of furan rings is 1. The van der Waals surface area contributed by atoms with Crippen LogP contribution in [0.3, 0.4) is 0 Å². The van der Waals surface area contributed by atoms with Crippen LogP contribution in [0.5, 0.6) is 0 Å². The molecule has 0 aliphatic rings. The molecule has 1 amide bonds. The van der Waals surface area contributed by atoms with Gasteiger partial charge in [0.15, 0.2) is 5.11 Å². The molecule has 0 fully saturated rings. The van der Waals surface area contributed by atoms with Crippen molar-refractivity contribution < 1.29 is 9.21 Å². The highest BCUT2D eigenvalue weighted by Gasteiger charge is 2.07. The van der Waals surface area contributed by atoms with Gasteiger partial charge < -0.3 is 20.4 Å². The smallest absolute Gasteiger partial charge is 0.251 e. The Hall–Kier alpha value is -2.60. The lowest BCUT2D eigenvalue weighted by atomic mass is 10.2. The fourth-order valence-electron chi connectivity index (χ4n) is 1.76. The lowest BCUT2D eigenvalue weighted by Crippen LogP contribution is -2.28. The van der Waals surface area contributed by atoms with Gasteiger partial charge >= 0.3 is 0 Å². The van der Waals surface area contributed by atoms with E-state index >= 15 is 0 Å². The molecule has 5 nitrogen and oxygen atoms in total. The highest BCUT2D eigenvalue weighted by atomic mass is 32.1. The van der Waals surface area contributed by atoms with Crippen LogP contribution in [0.1, 0.15) is 16.1 Å². The van der Waals surface area contributed by atoms with Crippen molar-refractivity contribution in [2.45, 2.75) is 6.54 Å². The first kappa shape index (κ1) is 15.8. The summed E-state index contributed by atoms with van der Waals surface area (Å²) in [5.74, 6) is 0.530. The Morgan fingerprint density at radius 3 is 2.86 bits per heavy atom. The van der Waals surface area contributed by atoms with E-state index in [0.29, 0.717) is 29.5 Å². The summed E-state index contributed by atoms with van der Waals surface area (Å²) in [5.41, 5.74) is 1.29. The molecule has 1 aromatic carbocycles. The van der Waals surface area contributed by atoms with Crippen molar-refractivity contribution in [3.05, 3.63) is 66.6 Å². The maximum Gasteiger partial charge on any atom is 0.251 e. The van der Waals surface area contributed by atoms with E-state index < -0.39 is 0 Å². The zero-order chi connectivity index (χ0) is 15.8. The molecule has 2 rings (SSSR count). The third-order valence-corrected chi connectivity index (χ3v) is 3.04. The first-order chi connectivity index (χ1) is 10.7. The third-order valence-electron chi connectivity index (χ3n) is 2.79. The predicted octanol–water partition coefficient (Wildman–Crippen LogP) is 2.68. The summed E-state index contributed by atoms with van der Waals surface area (Å²) in [6, 6.07) is 10.7. The zero-order valence-corrected chi connectivity index (χ0v) is 12.8. The zero-order valence-electron chi connectivity index (χ0n) is 12.0. The van der Waals surface area contributed by atoms with E-state index in [4.69, 9.17) is 16.6 Å². The number of rotatable bonds is 6. The Morgan fingerprint density at radius 2 is 2.14 bits per heavy atom. The monoisotopic (exact) mass is 315 g/mol. The number of nitrogens with one attached hydrogen (secondary N) is 3. The summed E-state index contributed by atoms with van der Waals surface area (Å²) in [7, 11) is 0. The van der Waals surface area contributed by atoms with Gasteiger partial charge in [0.25, 0.3) is 5.91 Å². The summed E-state index contributed by atoms with van der Waals surface area (Å²) in [5, 5.41) is 9.25. The molecule has 0 saturated heterocycles. The Bertz CT molecular complexity index is 653. The van der Waals surface area contributed by atoms with Crippen LogP contribution in [0.4, 0.5) is 5.69 Å². The van der Waals surface area contributed by atoms with Crippen LogP contribution >= 0.6 is 12.2 Å². The van der Waals surface area contributed by atoms with Gasteiger partial charge in [-0.2, -0.15) is 0 Å². The van der Waals surface area contributed by atoms with Gasteiger partial charge in [0.05, 0.1) is 12.8 Å². The number of amides is 1. The Labute approximate surface area is 134 Å². The second kappa shape index (κ2) is 7.99. The van der Waals surface area contributed by atoms with Crippen molar-refractivity contribution in [2.24, 2.45) is 0 Å². The molecule has 114 valence electrons. The number of carbonyl (C=O) groups excluding carboxylic acids is 1. The number of benzene rings is 1. The summed E-state index contributed by atoms with van der Waals surface area (Å²) in [6.07, 6.45) is 3.29. The average molecular weight is 315 g/mol. The summed E-state index contributed by atoms with van der Waals surface area (Å²) >= 11 is 5.13. The Kier molecular flexibility index (Phi) is 5.73. The van der Waals surface area contributed by atoms with Crippen molar-refractivity contribution in [3.8, 4) is 0 Å². The van der Waals surface area contributed by atoms with E-state index in [-0.39, 0.29) is 5.91 Å². The van der Waals surface area contributed by atoms with Gasteiger partial charge in [-0.15, -0.1) is 6.58 Å². The summed E-state index contributed by atoms with van der Waals surface area (Å²) < 4.78 is 5.17. The molecule has 0 radical (unpaired) electrons. The molecule has 0 aliphatic heterocycles. The van der Waals surface area contributed by atoms with E-state index in [1.54, 1.807) is 36.6 Å². The summed E-state index contributed by atoms with van der Waals surface area (Å²) in [4.78, 5) is 12.1. The first-order valence-electron chi connectivity index (χ1n) is 6.75. The highest BCUT2D eigenvalue weighted by molar-refractivity contribution is 7.80. The second-order valence-electron chi connectivity index (χ2n) is 4.47. The van der Waals surface area contributed by atoms with Crippen LogP contribution in [-0.2, 0) is 6.54 Å². The fraction of sp³-hybridized carbons (Fsp3) is 0.125. The van der Waals surface area contributed by atoms with Gasteiger partial charge in [-0.05, 0) is 42.5 Å². The third kappa shape index (κ3) is 4.75. The Morgan fingerprint density at radius 1 is 1.27 bits per heavy atom. The molecule has 0 atom stereocenters. The Balaban J connectivity index is 1.93. The van der Waals surface area contributed by atoms with Gasteiger partial charge in [0.2, 0.25) is 0 Å². The lowest BCUT2D eigenvalue weighted by molar-refractivity contribution is 0.0948. The topological polar surface area (TPSA) is 66.3 Å². The van der Waals surface area contributed by atoms with Gasteiger partial charge in [-0.25, -0.2) is 0 Å². The van der Waals surface area contributed by atoms with Crippen molar-refractivity contribution in [1.29, 1.82) is 0 Å². The van der Waals surface area contributed by atoms with Crippen LogP contribution in [0, 0.1) is 0 Å². The van der Waals surface area contributed by atoms with Gasteiger partial charge in [0, 0.05) is 17.8 Å². The molecule has 1 aromatic heterocycles. The summed E-state index contributed by atoms with van der Waals surface area (Å²) in [6.45, 7) is 4.54. The van der Waals surface area contributed by atoms with E-state index in [1.807, 2.05) is 12.1 Å². The van der Waals surface area contributed by atoms with Crippen molar-refractivity contribution in [3.63, 3.8) is 0 Å². The van der Waals surface area contributed by atoms with Crippen LogP contribution in [-0.4, -0.2) is 17.6 Å². The van der Waals surface area contributed by atoms with Gasteiger partial charge in [-0.1, -0.05) is 12.1 Å². The molecule has 2 aromatic rings. The minimum absolute atomic E-state index is 0.176. The maximum absolute atomic E-state index is 12.1. The minimum atomic E-state index is -0.176. The number of thiocarbonyl (C=S) groups is 1. The van der Waals surface area contributed by atoms with Crippen LogP contribution in [0.2, 0.25) is 0 Å². The molecule has 1 heterocycles.